The zero-order valence-corrected chi connectivity index (χ0v) is 12.5. The van der Waals surface area contributed by atoms with Crippen molar-refractivity contribution in [3.8, 4) is 0 Å². The molecule has 1 heterocycles. The second-order valence-corrected chi connectivity index (χ2v) is 6.12. The van der Waals surface area contributed by atoms with Gasteiger partial charge in [-0.25, -0.2) is 0 Å². The van der Waals surface area contributed by atoms with Crippen LogP contribution in [-0.2, 0) is 4.79 Å². The molecule has 1 aromatic carbocycles. The van der Waals surface area contributed by atoms with Crippen LogP contribution in [0.15, 0.2) is 29.2 Å². The van der Waals surface area contributed by atoms with E-state index in [0.29, 0.717) is 6.54 Å². The Balaban J connectivity index is 1.83. The van der Waals surface area contributed by atoms with Gasteiger partial charge in [-0.05, 0) is 56.3 Å². The van der Waals surface area contributed by atoms with Crippen LogP contribution in [0.1, 0.15) is 19.8 Å². The van der Waals surface area contributed by atoms with Gasteiger partial charge in [0.1, 0.15) is 0 Å². The largest absolute Gasteiger partial charge is 0.325 e. The Morgan fingerprint density at radius 2 is 2.16 bits per heavy atom. The third kappa shape index (κ3) is 4.55. The predicted octanol–water partition coefficient (Wildman–Crippen LogP) is 3.08. The van der Waals surface area contributed by atoms with Gasteiger partial charge in [0, 0.05) is 10.6 Å². The standard InChI is InChI=1S/C15H22N2OS/c1-12-6-8-17(9-7-12)11-15(18)16-13-4-3-5-14(10-13)19-2/h3-5,10,12H,6-9,11H2,1-2H3,(H,16,18). The van der Waals surface area contributed by atoms with Crippen LogP contribution in [0.2, 0.25) is 0 Å². The molecule has 19 heavy (non-hydrogen) atoms. The van der Waals surface area contributed by atoms with Gasteiger partial charge >= 0.3 is 0 Å². The number of benzene rings is 1. The number of nitrogens with zero attached hydrogens (tertiary/aromatic N) is 1. The first-order chi connectivity index (χ1) is 9.17. The van der Waals surface area contributed by atoms with E-state index in [-0.39, 0.29) is 5.91 Å². The SMILES string of the molecule is CSc1cccc(NC(=O)CN2CCC(C)CC2)c1. The molecule has 3 nitrogen and oxygen atoms in total. The van der Waals surface area contributed by atoms with E-state index in [4.69, 9.17) is 0 Å². The third-order valence-electron chi connectivity index (χ3n) is 3.60. The summed E-state index contributed by atoms with van der Waals surface area (Å²) >= 11 is 1.68. The summed E-state index contributed by atoms with van der Waals surface area (Å²) in [5.74, 6) is 0.894. The summed E-state index contributed by atoms with van der Waals surface area (Å²) in [6, 6.07) is 7.98. The van der Waals surface area contributed by atoms with Crippen LogP contribution in [0.3, 0.4) is 0 Å². The number of hydrogen-bond donors (Lipinski definition) is 1. The van der Waals surface area contributed by atoms with Crippen molar-refractivity contribution < 1.29 is 4.79 Å². The van der Waals surface area contributed by atoms with Gasteiger partial charge in [-0.3, -0.25) is 9.69 Å². The summed E-state index contributed by atoms with van der Waals surface area (Å²) in [5, 5.41) is 2.98. The highest BCUT2D eigenvalue weighted by molar-refractivity contribution is 7.98. The van der Waals surface area contributed by atoms with Crippen molar-refractivity contribution in [3.05, 3.63) is 24.3 Å². The number of piperidine rings is 1. The van der Waals surface area contributed by atoms with Gasteiger partial charge < -0.3 is 5.32 Å². The molecule has 1 N–H and O–H groups in total. The van der Waals surface area contributed by atoms with Crippen molar-refractivity contribution in [1.82, 2.24) is 4.90 Å². The molecule has 1 amide bonds. The van der Waals surface area contributed by atoms with E-state index in [0.717, 1.165) is 24.7 Å². The Morgan fingerprint density at radius 3 is 2.84 bits per heavy atom. The predicted molar refractivity (Wildman–Crippen MR) is 81.7 cm³/mol. The monoisotopic (exact) mass is 278 g/mol. The number of nitrogens with one attached hydrogen (secondary N) is 1. The molecule has 1 saturated heterocycles. The molecule has 104 valence electrons. The number of likely N-dealkylation sites (tertiary alicyclic amines) is 1. The van der Waals surface area contributed by atoms with Crippen LogP contribution in [0.5, 0.6) is 0 Å². The van der Waals surface area contributed by atoms with Crippen molar-refractivity contribution in [3.63, 3.8) is 0 Å². The zero-order chi connectivity index (χ0) is 13.7. The lowest BCUT2D eigenvalue weighted by Crippen LogP contribution is -2.38. The fourth-order valence-electron chi connectivity index (χ4n) is 2.32. The maximum absolute atomic E-state index is 12.0. The van der Waals surface area contributed by atoms with Gasteiger partial charge in [0.15, 0.2) is 0 Å². The smallest absolute Gasteiger partial charge is 0.238 e. The molecule has 0 aromatic heterocycles. The van der Waals surface area contributed by atoms with E-state index in [1.165, 1.54) is 17.7 Å². The molecule has 0 atom stereocenters. The summed E-state index contributed by atoms with van der Waals surface area (Å²) < 4.78 is 0. The van der Waals surface area contributed by atoms with E-state index in [2.05, 4.69) is 17.1 Å². The van der Waals surface area contributed by atoms with Crippen molar-refractivity contribution >= 4 is 23.4 Å². The minimum absolute atomic E-state index is 0.0906. The molecular weight excluding hydrogens is 256 g/mol. The number of hydrogen-bond acceptors (Lipinski definition) is 3. The van der Waals surface area contributed by atoms with E-state index >= 15 is 0 Å². The van der Waals surface area contributed by atoms with Crippen molar-refractivity contribution in [1.29, 1.82) is 0 Å². The maximum Gasteiger partial charge on any atom is 0.238 e. The lowest BCUT2D eigenvalue weighted by molar-refractivity contribution is -0.117. The minimum Gasteiger partial charge on any atom is -0.325 e. The van der Waals surface area contributed by atoms with Crippen LogP contribution in [-0.4, -0.2) is 36.7 Å². The molecule has 4 heteroatoms. The Kier molecular flexibility index (Phi) is 5.28. The topological polar surface area (TPSA) is 32.3 Å². The maximum atomic E-state index is 12.0. The lowest BCUT2D eigenvalue weighted by atomic mass is 9.99. The van der Waals surface area contributed by atoms with Crippen LogP contribution in [0.4, 0.5) is 5.69 Å². The second-order valence-electron chi connectivity index (χ2n) is 5.24. The number of thioether (sulfide) groups is 1. The van der Waals surface area contributed by atoms with E-state index in [1.807, 2.05) is 30.5 Å². The summed E-state index contributed by atoms with van der Waals surface area (Å²) in [7, 11) is 0. The van der Waals surface area contributed by atoms with Crippen molar-refractivity contribution in [2.24, 2.45) is 5.92 Å². The number of carbonyl (C=O) groups is 1. The summed E-state index contributed by atoms with van der Waals surface area (Å²) in [6.07, 6.45) is 4.44. The summed E-state index contributed by atoms with van der Waals surface area (Å²) in [4.78, 5) is 15.4. The van der Waals surface area contributed by atoms with E-state index in [9.17, 15) is 4.79 Å². The molecular formula is C15H22N2OS. The highest BCUT2D eigenvalue weighted by atomic mass is 32.2. The van der Waals surface area contributed by atoms with Gasteiger partial charge in [-0.15, -0.1) is 11.8 Å². The highest BCUT2D eigenvalue weighted by Crippen LogP contribution is 2.19. The zero-order valence-electron chi connectivity index (χ0n) is 11.7. The minimum atomic E-state index is 0.0906. The number of rotatable bonds is 4. The van der Waals surface area contributed by atoms with Crippen molar-refractivity contribution in [2.45, 2.75) is 24.7 Å². The fourth-order valence-corrected chi connectivity index (χ4v) is 2.78. The molecule has 0 spiro atoms. The molecule has 0 saturated carbocycles. The molecule has 1 aliphatic heterocycles. The quantitative estimate of drug-likeness (QED) is 0.859. The Hall–Kier alpha value is -1.00. The Bertz CT molecular complexity index is 428. The third-order valence-corrected chi connectivity index (χ3v) is 4.32. The average Bonchev–Trinajstić information content (AvgIpc) is 2.41. The Labute approximate surface area is 119 Å². The first-order valence-corrected chi connectivity index (χ1v) is 8.06. The van der Waals surface area contributed by atoms with Crippen LogP contribution in [0, 0.1) is 5.92 Å². The van der Waals surface area contributed by atoms with Crippen molar-refractivity contribution in [2.75, 3.05) is 31.2 Å². The van der Waals surface area contributed by atoms with Gasteiger partial charge in [0.05, 0.1) is 6.54 Å². The molecule has 1 aromatic rings. The Morgan fingerprint density at radius 1 is 1.42 bits per heavy atom. The number of amides is 1. The second kappa shape index (κ2) is 6.96. The molecule has 0 aliphatic carbocycles. The molecule has 1 fully saturated rings. The molecule has 2 rings (SSSR count). The van der Waals surface area contributed by atoms with Crippen LogP contribution in [0.25, 0.3) is 0 Å². The lowest BCUT2D eigenvalue weighted by Gasteiger charge is -2.29. The van der Waals surface area contributed by atoms with Crippen LogP contribution >= 0.6 is 11.8 Å². The van der Waals surface area contributed by atoms with Crippen LogP contribution < -0.4 is 5.32 Å². The van der Waals surface area contributed by atoms with Gasteiger partial charge in [-0.2, -0.15) is 0 Å². The summed E-state index contributed by atoms with van der Waals surface area (Å²) in [6.45, 7) is 4.88. The first kappa shape index (κ1) is 14.4. The number of anilines is 1. The molecule has 1 aliphatic rings. The van der Waals surface area contributed by atoms with E-state index < -0.39 is 0 Å². The van der Waals surface area contributed by atoms with Gasteiger partial charge in [0.2, 0.25) is 5.91 Å². The molecule has 0 unspecified atom stereocenters. The summed E-state index contributed by atoms with van der Waals surface area (Å²) in [5.41, 5.74) is 0.891. The number of carbonyl (C=O) groups excluding carboxylic acids is 1. The normalized spacial score (nSPS) is 17.4. The molecule has 0 radical (unpaired) electrons. The van der Waals surface area contributed by atoms with Gasteiger partial charge in [0.25, 0.3) is 0 Å². The van der Waals surface area contributed by atoms with E-state index in [1.54, 1.807) is 11.8 Å². The highest BCUT2D eigenvalue weighted by Gasteiger charge is 2.17. The van der Waals surface area contributed by atoms with Gasteiger partial charge in [-0.1, -0.05) is 13.0 Å². The average molecular weight is 278 g/mol. The fraction of sp³-hybridized carbons (Fsp3) is 0.533. The first-order valence-electron chi connectivity index (χ1n) is 6.83. The molecule has 0 bridgehead atoms.